The molecule has 0 spiro atoms. The van der Waals surface area contributed by atoms with Crippen molar-refractivity contribution < 1.29 is 15.3 Å². The molecule has 0 unspecified atom stereocenters. The molecule has 0 aliphatic rings. The van der Waals surface area contributed by atoms with Crippen molar-refractivity contribution in [2.75, 3.05) is 0 Å². The Balaban J connectivity index is 2.90. The van der Waals surface area contributed by atoms with Gasteiger partial charge in [-0.3, -0.25) is 0 Å². The maximum absolute atomic E-state index is 10.2. The van der Waals surface area contributed by atoms with E-state index in [1.54, 1.807) is 24.3 Å². The zero-order valence-corrected chi connectivity index (χ0v) is 12.8. The Morgan fingerprint density at radius 2 is 1.29 bits per heavy atom. The van der Waals surface area contributed by atoms with Gasteiger partial charge in [0.15, 0.2) is 0 Å². The van der Waals surface area contributed by atoms with Crippen LogP contribution in [0.1, 0.15) is 37.5 Å². The first-order chi connectivity index (χ1) is 10.0. The molecule has 3 nitrogen and oxygen atoms in total. The SMILES string of the molecule is CCc1cc(O)c(CC)c(CC)c1-c1c(O)cccc1O. The van der Waals surface area contributed by atoms with Crippen LogP contribution in [0.4, 0.5) is 0 Å². The maximum atomic E-state index is 10.2. The van der Waals surface area contributed by atoms with Gasteiger partial charge in [0.1, 0.15) is 17.2 Å². The fraction of sp³-hybridized carbons (Fsp3) is 0.333. The van der Waals surface area contributed by atoms with Gasteiger partial charge in [-0.2, -0.15) is 0 Å². The molecule has 0 aliphatic heterocycles. The topological polar surface area (TPSA) is 60.7 Å². The highest BCUT2D eigenvalue weighted by Gasteiger charge is 2.20. The van der Waals surface area contributed by atoms with E-state index >= 15 is 0 Å². The quantitative estimate of drug-likeness (QED) is 0.791. The Bertz CT molecular complexity index is 640. The minimum absolute atomic E-state index is 0.0622. The van der Waals surface area contributed by atoms with E-state index in [4.69, 9.17) is 0 Å². The largest absolute Gasteiger partial charge is 0.508 e. The molecule has 3 heteroatoms. The van der Waals surface area contributed by atoms with Crippen LogP contribution in [0.25, 0.3) is 11.1 Å². The normalized spacial score (nSPS) is 10.8. The predicted molar refractivity (Wildman–Crippen MR) is 85.0 cm³/mol. The van der Waals surface area contributed by atoms with Crippen LogP contribution in [0.15, 0.2) is 24.3 Å². The van der Waals surface area contributed by atoms with Crippen molar-refractivity contribution in [1.82, 2.24) is 0 Å². The predicted octanol–water partition coefficient (Wildman–Crippen LogP) is 4.16. The molecule has 0 aromatic heterocycles. The highest BCUT2D eigenvalue weighted by molar-refractivity contribution is 5.82. The molecule has 2 rings (SSSR count). The van der Waals surface area contributed by atoms with Gasteiger partial charge in [-0.15, -0.1) is 0 Å². The monoisotopic (exact) mass is 286 g/mol. The highest BCUT2D eigenvalue weighted by atomic mass is 16.3. The molecule has 112 valence electrons. The molecular weight excluding hydrogens is 264 g/mol. The molecule has 3 N–H and O–H groups in total. The van der Waals surface area contributed by atoms with Crippen molar-refractivity contribution in [3.63, 3.8) is 0 Å². The summed E-state index contributed by atoms with van der Waals surface area (Å²) in [5.74, 6) is 0.421. The van der Waals surface area contributed by atoms with Crippen molar-refractivity contribution >= 4 is 0 Å². The summed E-state index contributed by atoms with van der Waals surface area (Å²) in [6.45, 7) is 6.02. The van der Waals surface area contributed by atoms with E-state index in [2.05, 4.69) is 0 Å². The number of phenolic OH excluding ortho intramolecular Hbond substituents is 3. The molecule has 2 aromatic rings. The Labute approximate surface area is 125 Å². The lowest BCUT2D eigenvalue weighted by molar-refractivity contribution is 0.453. The number of benzene rings is 2. The van der Waals surface area contributed by atoms with Gasteiger partial charge in [0.05, 0.1) is 5.56 Å². The molecular formula is C18H22O3. The zero-order valence-electron chi connectivity index (χ0n) is 12.8. The molecule has 21 heavy (non-hydrogen) atoms. The number of hydrogen-bond acceptors (Lipinski definition) is 3. The lowest BCUT2D eigenvalue weighted by atomic mass is 9.86. The fourth-order valence-electron chi connectivity index (χ4n) is 2.98. The highest BCUT2D eigenvalue weighted by Crippen LogP contribution is 2.44. The van der Waals surface area contributed by atoms with E-state index in [1.807, 2.05) is 20.8 Å². The molecule has 0 heterocycles. The van der Waals surface area contributed by atoms with E-state index in [0.717, 1.165) is 28.7 Å². The summed E-state index contributed by atoms with van der Waals surface area (Å²) in [7, 11) is 0. The lowest BCUT2D eigenvalue weighted by Gasteiger charge is -2.20. The molecule has 0 atom stereocenters. The van der Waals surface area contributed by atoms with Gasteiger partial charge in [-0.1, -0.05) is 26.8 Å². The zero-order chi connectivity index (χ0) is 15.6. The van der Waals surface area contributed by atoms with E-state index < -0.39 is 0 Å². The fourth-order valence-corrected chi connectivity index (χ4v) is 2.98. The maximum Gasteiger partial charge on any atom is 0.127 e. The lowest BCUT2D eigenvalue weighted by Crippen LogP contribution is -2.01. The molecule has 0 bridgehead atoms. The van der Waals surface area contributed by atoms with Gasteiger partial charge < -0.3 is 15.3 Å². The van der Waals surface area contributed by atoms with Crippen LogP contribution in [-0.4, -0.2) is 15.3 Å². The summed E-state index contributed by atoms with van der Waals surface area (Å²) in [5, 5.41) is 30.6. The van der Waals surface area contributed by atoms with E-state index in [1.165, 1.54) is 0 Å². The Hall–Kier alpha value is -2.16. The second-order valence-corrected chi connectivity index (χ2v) is 5.12. The average molecular weight is 286 g/mol. The van der Waals surface area contributed by atoms with Gasteiger partial charge in [-0.25, -0.2) is 0 Å². The second-order valence-electron chi connectivity index (χ2n) is 5.12. The van der Waals surface area contributed by atoms with E-state index in [9.17, 15) is 15.3 Å². The Morgan fingerprint density at radius 1 is 0.714 bits per heavy atom. The van der Waals surface area contributed by atoms with Gasteiger partial charge in [0.2, 0.25) is 0 Å². The van der Waals surface area contributed by atoms with Crippen molar-refractivity contribution in [2.24, 2.45) is 0 Å². The third-order valence-corrected chi connectivity index (χ3v) is 3.97. The molecule has 0 amide bonds. The van der Waals surface area contributed by atoms with Crippen LogP contribution in [0.3, 0.4) is 0 Å². The van der Waals surface area contributed by atoms with Crippen molar-refractivity contribution in [1.29, 1.82) is 0 Å². The van der Waals surface area contributed by atoms with Crippen LogP contribution < -0.4 is 0 Å². The van der Waals surface area contributed by atoms with Gasteiger partial charge >= 0.3 is 0 Å². The molecule has 0 aliphatic carbocycles. The number of aryl methyl sites for hydroxylation is 1. The molecule has 0 radical (unpaired) electrons. The van der Waals surface area contributed by atoms with Crippen molar-refractivity contribution in [3.05, 3.63) is 41.0 Å². The average Bonchev–Trinajstić information content (AvgIpc) is 2.47. The number of phenols is 3. The Morgan fingerprint density at radius 3 is 1.76 bits per heavy atom. The van der Waals surface area contributed by atoms with Crippen LogP contribution >= 0.6 is 0 Å². The standard InChI is InChI=1S/C18H22O3/c1-4-11-10-16(21)12(5-2)13(6-3)17(11)18-14(19)8-7-9-15(18)20/h7-10,19-21H,4-6H2,1-3H3. The number of rotatable bonds is 4. The van der Waals surface area contributed by atoms with Crippen LogP contribution in [0.2, 0.25) is 0 Å². The van der Waals surface area contributed by atoms with Gasteiger partial charge in [0.25, 0.3) is 0 Å². The van der Waals surface area contributed by atoms with Crippen LogP contribution in [0.5, 0.6) is 17.2 Å². The van der Waals surface area contributed by atoms with E-state index in [-0.39, 0.29) is 11.5 Å². The molecule has 0 saturated heterocycles. The summed E-state index contributed by atoms with van der Waals surface area (Å²) < 4.78 is 0. The first-order valence-corrected chi connectivity index (χ1v) is 7.42. The third kappa shape index (κ3) is 2.56. The summed E-state index contributed by atoms with van der Waals surface area (Å²) in [6, 6.07) is 6.52. The minimum Gasteiger partial charge on any atom is -0.508 e. The first kappa shape index (κ1) is 15.2. The summed E-state index contributed by atoms with van der Waals surface area (Å²) in [4.78, 5) is 0. The molecule has 0 fully saturated rings. The third-order valence-electron chi connectivity index (χ3n) is 3.97. The first-order valence-electron chi connectivity index (χ1n) is 7.42. The van der Waals surface area contributed by atoms with E-state index in [0.29, 0.717) is 24.2 Å². The molecule has 2 aromatic carbocycles. The van der Waals surface area contributed by atoms with Crippen molar-refractivity contribution in [2.45, 2.75) is 40.0 Å². The van der Waals surface area contributed by atoms with Crippen molar-refractivity contribution in [3.8, 4) is 28.4 Å². The minimum atomic E-state index is 0.0622. The molecule has 0 saturated carbocycles. The van der Waals surface area contributed by atoms with Crippen LogP contribution in [-0.2, 0) is 19.3 Å². The Kier molecular flexibility index (Phi) is 4.41. The second kappa shape index (κ2) is 6.08. The number of aromatic hydroxyl groups is 3. The number of hydrogen-bond donors (Lipinski definition) is 3. The summed E-state index contributed by atoms with van der Waals surface area (Å²) in [6.07, 6.45) is 2.15. The van der Waals surface area contributed by atoms with Gasteiger partial charge in [0, 0.05) is 0 Å². The summed E-state index contributed by atoms with van der Waals surface area (Å²) >= 11 is 0. The summed E-state index contributed by atoms with van der Waals surface area (Å²) in [5.41, 5.74) is 4.11. The van der Waals surface area contributed by atoms with Crippen LogP contribution in [0, 0.1) is 0 Å². The smallest absolute Gasteiger partial charge is 0.127 e. The van der Waals surface area contributed by atoms with Gasteiger partial charge in [-0.05, 0) is 59.7 Å².